The zero-order valence-corrected chi connectivity index (χ0v) is 11.0. The Morgan fingerprint density at radius 1 is 1.39 bits per heavy atom. The molecule has 2 unspecified atom stereocenters. The van der Waals surface area contributed by atoms with Crippen LogP contribution in [-0.2, 0) is 0 Å². The second kappa shape index (κ2) is 5.40. The van der Waals surface area contributed by atoms with E-state index in [1.54, 1.807) is 0 Å². The lowest BCUT2D eigenvalue weighted by Crippen LogP contribution is -2.36. The minimum atomic E-state index is 0.0230. The number of carbonyl (C=O) groups excluding carboxylic acids is 1. The van der Waals surface area contributed by atoms with Gasteiger partial charge in [-0.05, 0) is 49.4 Å². The molecule has 0 aromatic heterocycles. The Labute approximate surface area is 108 Å². The fourth-order valence-corrected chi connectivity index (χ4v) is 2.61. The van der Waals surface area contributed by atoms with Gasteiger partial charge in [-0.25, -0.2) is 0 Å². The number of hydrazine groups is 1. The van der Waals surface area contributed by atoms with Crippen LogP contribution in [0.3, 0.4) is 0 Å². The number of aryl methyl sites for hydroxylation is 1. The van der Waals surface area contributed by atoms with E-state index in [1.807, 2.05) is 25.1 Å². The summed E-state index contributed by atoms with van der Waals surface area (Å²) >= 11 is 0. The van der Waals surface area contributed by atoms with Crippen molar-refractivity contribution in [1.82, 2.24) is 5.32 Å². The second-order valence-corrected chi connectivity index (χ2v) is 5.16. The lowest BCUT2D eigenvalue weighted by atomic mass is 10.0. The van der Waals surface area contributed by atoms with Crippen molar-refractivity contribution in [2.45, 2.75) is 39.2 Å². The van der Waals surface area contributed by atoms with E-state index < -0.39 is 0 Å². The molecule has 0 saturated heterocycles. The lowest BCUT2D eigenvalue weighted by Gasteiger charge is -2.18. The van der Waals surface area contributed by atoms with Gasteiger partial charge in [0.25, 0.3) is 5.91 Å². The van der Waals surface area contributed by atoms with Crippen molar-refractivity contribution in [2.75, 3.05) is 5.43 Å². The first-order valence-electron chi connectivity index (χ1n) is 6.50. The lowest BCUT2D eigenvalue weighted by molar-refractivity contribution is 0.0929. The van der Waals surface area contributed by atoms with Crippen molar-refractivity contribution < 1.29 is 4.79 Å². The number of nitrogen functional groups attached to an aromatic ring is 1. The van der Waals surface area contributed by atoms with Crippen LogP contribution in [0.15, 0.2) is 18.2 Å². The predicted molar refractivity (Wildman–Crippen MR) is 73.3 cm³/mol. The zero-order chi connectivity index (χ0) is 13.1. The van der Waals surface area contributed by atoms with E-state index in [4.69, 9.17) is 5.84 Å². The number of amides is 1. The van der Waals surface area contributed by atoms with Gasteiger partial charge in [0, 0.05) is 17.3 Å². The van der Waals surface area contributed by atoms with Crippen LogP contribution < -0.4 is 16.6 Å². The number of nitrogens with one attached hydrogen (secondary N) is 2. The fraction of sp³-hybridized carbons (Fsp3) is 0.500. The SMILES string of the molecule is Cc1cc(NN)ccc1C(=O)NC1CCCC1C. The van der Waals surface area contributed by atoms with Gasteiger partial charge < -0.3 is 10.7 Å². The quantitative estimate of drug-likeness (QED) is 0.566. The molecular weight excluding hydrogens is 226 g/mol. The Morgan fingerprint density at radius 2 is 2.17 bits per heavy atom. The zero-order valence-electron chi connectivity index (χ0n) is 11.0. The van der Waals surface area contributed by atoms with Crippen LogP contribution in [0.5, 0.6) is 0 Å². The van der Waals surface area contributed by atoms with Crippen LogP contribution in [0.2, 0.25) is 0 Å². The maximum Gasteiger partial charge on any atom is 0.251 e. The van der Waals surface area contributed by atoms with Gasteiger partial charge in [0.2, 0.25) is 0 Å². The fourth-order valence-electron chi connectivity index (χ4n) is 2.61. The maximum atomic E-state index is 12.2. The highest BCUT2D eigenvalue weighted by Crippen LogP contribution is 2.25. The summed E-state index contributed by atoms with van der Waals surface area (Å²) in [4.78, 5) is 12.2. The highest BCUT2D eigenvalue weighted by atomic mass is 16.1. The van der Waals surface area contributed by atoms with E-state index in [0.717, 1.165) is 23.2 Å². The molecule has 0 bridgehead atoms. The summed E-state index contributed by atoms with van der Waals surface area (Å²) in [6.45, 7) is 4.13. The van der Waals surface area contributed by atoms with Crippen molar-refractivity contribution >= 4 is 11.6 Å². The van der Waals surface area contributed by atoms with Crippen LogP contribution in [0.4, 0.5) is 5.69 Å². The average molecular weight is 247 g/mol. The Morgan fingerprint density at radius 3 is 2.72 bits per heavy atom. The molecule has 0 aliphatic heterocycles. The van der Waals surface area contributed by atoms with E-state index in [0.29, 0.717) is 12.0 Å². The molecule has 1 saturated carbocycles. The molecule has 1 fully saturated rings. The molecular formula is C14H21N3O. The number of rotatable bonds is 3. The van der Waals surface area contributed by atoms with Crippen LogP contribution in [0.25, 0.3) is 0 Å². The van der Waals surface area contributed by atoms with Crippen LogP contribution in [0.1, 0.15) is 42.1 Å². The summed E-state index contributed by atoms with van der Waals surface area (Å²) in [7, 11) is 0. The van der Waals surface area contributed by atoms with Crippen LogP contribution >= 0.6 is 0 Å². The number of hydrogen-bond acceptors (Lipinski definition) is 3. The van der Waals surface area contributed by atoms with Gasteiger partial charge in [-0.3, -0.25) is 10.6 Å². The van der Waals surface area contributed by atoms with E-state index >= 15 is 0 Å². The topological polar surface area (TPSA) is 67.1 Å². The Balaban J connectivity index is 2.09. The molecule has 98 valence electrons. The Kier molecular flexibility index (Phi) is 3.87. The number of anilines is 1. The third kappa shape index (κ3) is 2.64. The molecule has 0 heterocycles. The second-order valence-electron chi connectivity index (χ2n) is 5.16. The summed E-state index contributed by atoms with van der Waals surface area (Å²) in [6, 6.07) is 5.84. The molecule has 1 aromatic rings. The van der Waals surface area contributed by atoms with Crippen molar-refractivity contribution in [3.05, 3.63) is 29.3 Å². The molecule has 4 N–H and O–H groups in total. The van der Waals surface area contributed by atoms with Gasteiger partial charge in [0.15, 0.2) is 0 Å². The monoisotopic (exact) mass is 247 g/mol. The highest BCUT2D eigenvalue weighted by molar-refractivity contribution is 5.96. The molecule has 2 rings (SSSR count). The van der Waals surface area contributed by atoms with Gasteiger partial charge in [0.1, 0.15) is 0 Å². The third-order valence-electron chi connectivity index (χ3n) is 3.82. The number of benzene rings is 1. The minimum Gasteiger partial charge on any atom is -0.349 e. The van der Waals surface area contributed by atoms with E-state index in [2.05, 4.69) is 17.7 Å². The largest absolute Gasteiger partial charge is 0.349 e. The minimum absolute atomic E-state index is 0.0230. The van der Waals surface area contributed by atoms with E-state index in [9.17, 15) is 4.79 Å². The van der Waals surface area contributed by atoms with Crippen LogP contribution in [-0.4, -0.2) is 11.9 Å². The van der Waals surface area contributed by atoms with E-state index in [-0.39, 0.29) is 5.91 Å². The van der Waals surface area contributed by atoms with Gasteiger partial charge in [-0.1, -0.05) is 13.3 Å². The molecule has 4 heteroatoms. The Bertz CT molecular complexity index is 445. The maximum absolute atomic E-state index is 12.2. The number of carbonyl (C=O) groups is 1. The third-order valence-corrected chi connectivity index (χ3v) is 3.82. The molecule has 18 heavy (non-hydrogen) atoms. The van der Waals surface area contributed by atoms with Gasteiger partial charge >= 0.3 is 0 Å². The van der Waals surface area contributed by atoms with Crippen molar-refractivity contribution in [3.8, 4) is 0 Å². The van der Waals surface area contributed by atoms with Crippen molar-refractivity contribution in [3.63, 3.8) is 0 Å². The highest BCUT2D eigenvalue weighted by Gasteiger charge is 2.25. The van der Waals surface area contributed by atoms with Gasteiger partial charge in [-0.15, -0.1) is 0 Å². The summed E-state index contributed by atoms with van der Waals surface area (Å²) in [5.41, 5.74) is 5.07. The predicted octanol–water partition coefficient (Wildman–Crippen LogP) is 2.20. The summed E-state index contributed by atoms with van der Waals surface area (Å²) in [6.07, 6.45) is 3.51. The molecule has 1 aliphatic carbocycles. The first-order valence-corrected chi connectivity index (χ1v) is 6.50. The van der Waals surface area contributed by atoms with Crippen molar-refractivity contribution in [1.29, 1.82) is 0 Å². The summed E-state index contributed by atoms with van der Waals surface area (Å²) in [5.74, 6) is 5.95. The molecule has 2 atom stereocenters. The molecule has 1 amide bonds. The molecule has 1 aliphatic rings. The summed E-state index contributed by atoms with van der Waals surface area (Å²) < 4.78 is 0. The molecule has 0 radical (unpaired) electrons. The Hall–Kier alpha value is -1.55. The number of hydrogen-bond donors (Lipinski definition) is 3. The smallest absolute Gasteiger partial charge is 0.251 e. The normalized spacial score (nSPS) is 22.8. The first-order chi connectivity index (χ1) is 8.61. The van der Waals surface area contributed by atoms with Crippen LogP contribution in [0, 0.1) is 12.8 Å². The van der Waals surface area contributed by atoms with Gasteiger partial charge in [0.05, 0.1) is 0 Å². The molecule has 0 spiro atoms. The molecule has 1 aromatic carbocycles. The van der Waals surface area contributed by atoms with Crippen molar-refractivity contribution in [2.24, 2.45) is 11.8 Å². The average Bonchev–Trinajstić information content (AvgIpc) is 2.74. The first kappa shape index (κ1) is 12.9. The standard InChI is InChI=1S/C14H21N3O/c1-9-4-3-5-13(9)16-14(18)12-7-6-11(17-15)8-10(12)2/h6-9,13,17H,3-5,15H2,1-2H3,(H,16,18). The van der Waals surface area contributed by atoms with Gasteiger partial charge in [-0.2, -0.15) is 0 Å². The molecule has 4 nitrogen and oxygen atoms in total. The number of nitrogens with two attached hydrogens (primary N) is 1. The summed E-state index contributed by atoms with van der Waals surface area (Å²) in [5, 5.41) is 3.13. The van der Waals surface area contributed by atoms with E-state index in [1.165, 1.54) is 12.8 Å².